The molecule has 1 fully saturated rings. The lowest BCUT2D eigenvalue weighted by molar-refractivity contribution is -0.145. The predicted molar refractivity (Wildman–Crippen MR) is 75.8 cm³/mol. The minimum Gasteiger partial charge on any atom is -0.464 e. The maximum atomic E-state index is 12.3. The van der Waals surface area contributed by atoms with E-state index >= 15 is 0 Å². The number of aromatic nitrogens is 2. The summed E-state index contributed by atoms with van der Waals surface area (Å²) in [4.78, 5) is 30.4. The van der Waals surface area contributed by atoms with Crippen molar-refractivity contribution < 1.29 is 9.53 Å². The van der Waals surface area contributed by atoms with Gasteiger partial charge in [-0.15, -0.1) is 0 Å². The first-order valence-electron chi connectivity index (χ1n) is 7.17. The topological polar surface area (TPSA) is 64.4 Å². The van der Waals surface area contributed by atoms with Gasteiger partial charge >= 0.3 is 5.97 Å². The van der Waals surface area contributed by atoms with E-state index in [-0.39, 0.29) is 11.5 Å². The van der Waals surface area contributed by atoms with Crippen LogP contribution in [0.25, 0.3) is 0 Å². The molecule has 0 bridgehead atoms. The van der Waals surface area contributed by atoms with Crippen LogP contribution in [0, 0.1) is 0 Å². The van der Waals surface area contributed by atoms with Crippen LogP contribution < -0.4 is 10.5 Å². The molecular formula is C14H21N3O3. The highest BCUT2D eigenvalue weighted by atomic mass is 16.5. The standard InChI is InChI=1S/C14H21N3O3/c1-3-16-10-8-15-12(13(16)18)17-9-6-5-7-11(17)14(19)20-4-2/h8,10-11H,3-7,9H2,1-2H3. The first-order chi connectivity index (χ1) is 9.69. The molecule has 1 saturated heterocycles. The summed E-state index contributed by atoms with van der Waals surface area (Å²) in [5, 5.41) is 0. The number of rotatable bonds is 4. The number of anilines is 1. The average Bonchev–Trinajstić information content (AvgIpc) is 2.48. The summed E-state index contributed by atoms with van der Waals surface area (Å²) in [6.07, 6.45) is 5.90. The molecule has 0 aliphatic carbocycles. The quantitative estimate of drug-likeness (QED) is 0.775. The van der Waals surface area contributed by atoms with Crippen molar-refractivity contribution >= 4 is 11.8 Å². The average molecular weight is 279 g/mol. The van der Waals surface area contributed by atoms with Crippen LogP contribution in [-0.2, 0) is 16.1 Å². The number of esters is 1. The van der Waals surface area contributed by atoms with Crippen LogP contribution in [0.4, 0.5) is 5.82 Å². The molecule has 1 aromatic heterocycles. The maximum Gasteiger partial charge on any atom is 0.328 e. The summed E-state index contributed by atoms with van der Waals surface area (Å²) in [6.45, 7) is 5.30. The van der Waals surface area contributed by atoms with Crippen LogP contribution in [-0.4, -0.2) is 34.7 Å². The first-order valence-corrected chi connectivity index (χ1v) is 7.17. The molecule has 6 nitrogen and oxygen atoms in total. The Balaban J connectivity index is 2.33. The number of carbonyl (C=O) groups excluding carboxylic acids is 1. The Morgan fingerprint density at radius 1 is 1.45 bits per heavy atom. The van der Waals surface area contributed by atoms with E-state index in [0.717, 1.165) is 12.8 Å². The van der Waals surface area contributed by atoms with Crippen LogP contribution in [0.2, 0.25) is 0 Å². The summed E-state index contributed by atoms with van der Waals surface area (Å²) in [7, 11) is 0. The lowest BCUT2D eigenvalue weighted by atomic mass is 10.0. The Bertz CT molecular complexity index is 527. The van der Waals surface area contributed by atoms with E-state index in [2.05, 4.69) is 4.98 Å². The monoisotopic (exact) mass is 279 g/mol. The zero-order valence-corrected chi connectivity index (χ0v) is 12.0. The van der Waals surface area contributed by atoms with Gasteiger partial charge in [0.15, 0.2) is 5.82 Å². The molecule has 2 rings (SSSR count). The second-order valence-corrected chi connectivity index (χ2v) is 4.80. The molecule has 1 atom stereocenters. The predicted octanol–water partition coefficient (Wildman–Crippen LogP) is 1.19. The van der Waals surface area contributed by atoms with Gasteiger partial charge in [0, 0.05) is 25.5 Å². The lowest BCUT2D eigenvalue weighted by Crippen LogP contribution is -2.48. The number of carbonyl (C=O) groups is 1. The van der Waals surface area contributed by atoms with Crippen molar-refractivity contribution in [2.75, 3.05) is 18.1 Å². The number of hydrogen-bond donors (Lipinski definition) is 0. The van der Waals surface area contributed by atoms with E-state index in [4.69, 9.17) is 4.74 Å². The lowest BCUT2D eigenvalue weighted by Gasteiger charge is -2.34. The van der Waals surface area contributed by atoms with E-state index < -0.39 is 6.04 Å². The molecule has 2 heterocycles. The van der Waals surface area contributed by atoms with E-state index in [0.29, 0.717) is 31.9 Å². The maximum absolute atomic E-state index is 12.3. The van der Waals surface area contributed by atoms with E-state index in [1.54, 1.807) is 28.8 Å². The van der Waals surface area contributed by atoms with Crippen molar-refractivity contribution in [2.45, 2.75) is 45.7 Å². The van der Waals surface area contributed by atoms with Crippen LogP contribution >= 0.6 is 0 Å². The third-order valence-corrected chi connectivity index (χ3v) is 3.57. The molecule has 110 valence electrons. The molecular weight excluding hydrogens is 258 g/mol. The van der Waals surface area contributed by atoms with Crippen LogP contribution in [0.15, 0.2) is 17.2 Å². The van der Waals surface area contributed by atoms with Crippen LogP contribution in [0.1, 0.15) is 33.1 Å². The molecule has 0 N–H and O–H groups in total. The van der Waals surface area contributed by atoms with Crippen molar-refractivity contribution in [3.05, 3.63) is 22.7 Å². The van der Waals surface area contributed by atoms with Gasteiger partial charge in [-0.3, -0.25) is 4.79 Å². The SMILES string of the molecule is CCOC(=O)C1CCCCN1c1nccn(CC)c1=O. The normalized spacial score (nSPS) is 18.9. The van der Waals surface area contributed by atoms with Gasteiger partial charge in [-0.1, -0.05) is 0 Å². The number of nitrogens with zero attached hydrogens (tertiary/aromatic N) is 3. The molecule has 6 heteroatoms. The molecule has 0 aromatic carbocycles. The number of hydrogen-bond acceptors (Lipinski definition) is 5. The third kappa shape index (κ3) is 2.84. The summed E-state index contributed by atoms with van der Waals surface area (Å²) in [5.41, 5.74) is -0.147. The van der Waals surface area contributed by atoms with Crippen molar-refractivity contribution in [3.63, 3.8) is 0 Å². The molecule has 0 radical (unpaired) electrons. The van der Waals surface area contributed by atoms with Gasteiger partial charge in [-0.05, 0) is 33.1 Å². The fourth-order valence-electron chi connectivity index (χ4n) is 2.55. The molecule has 20 heavy (non-hydrogen) atoms. The fourth-order valence-corrected chi connectivity index (χ4v) is 2.55. The van der Waals surface area contributed by atoms with E-state index in [1.807, 2.05) is 6.92 Å². The molecule has 1 unspecified atom stereocenters. The van der Waals surface area contributed by atoms with Crippen LogP contribution in [0.3, 0.4) is 0 Å². The summed E-state index contributed by atoms with van der Waals surface area (Å²) in [5.74, 6) is 0.0902. The van der Waals surface area contributed by atoms with Gasteiger partial charge in [-0.25, -0.2) is 9.78 Å². The zero-order valence-electron chi connectivity index (χ0n) is 12.0. The second-order valence-electron chi connectivity index (χ2n) is 4.80. The van der Waals surface area contributed by atoms with E-state index in [9.17, 15) is 9.59 Å². The first kappa shape index (κ1) is 14.6. The van der Waals surface area contributed by atoms with Gasteiger partial charge in [0.1, 0.15) is 6.04 Å². The minimum absolute atomic E-state index is 0.147. The second kappa shape index (κ2) is 6.54. The van der Waals surface area contributed by atoms with Crippen molar-refractivity contribution in [3.8, 4) is 0 Å². The molecule has 1 aliphatic heterocycles. The minimum atomic E-state index is -0.392. The van der Waals surface area contributed by atoms with Gasteiger partial charge in [-0.2, -0.15) is 0 Å². The van der Waals surface area contributed by atoms with E-state index in [1.165, 1.54) is 0 Å². The van der Waals surface area contributed by atoms with Gasteiger partial charge in [0.05, 0.1) is 6.61 Å². The molecule has 1 aromatic rings. The highest BCUT2D eigenvalue weighted by molar-refractivity contribution is 5.79. The largest absolute Gasteiger partial charge is 0.464 e. The van der Waals surface area contributed by atoms with Crippen LogP contribution in [0.5, 0.6) is 0 Å². The number of piperidine rings is 1. The Hall–Kier alpha value is -1.85. The molecule has 1 aliphatic rings. The smallest absolute Gasteiger partial charge is 0.328 e. The van der Waals surface area contributed by atoms with Gasteiger partial charge in [0.25, 0.3) is 5.56 Å². The zero-order chi connectivity index (χ0) is 14.5. The summed E-state index contributed by atoms with van der Waals surface area (Å²) < 4.78 is 6.71. The van der Waals surface area contributed by atoms with Crippen molar-refractivity contribution in [1.82, 2.24) is 9.55 Å². The van der Waals surface area contributed by atoms with Gasteiger partial charge in [0.2, 0.25) is 0 Å². The summed E-state index contributed by atoms with van der Waals surface area (Å²) in [6, 6.07) is -0.392. The molecule has 0 saturated carbocycles. The highest BCUT2D eigenvalue weighted by Gasteiger charge is 2.32. The Labute approximate surface area is 118 Å². The highest BCUT2D eigenvalue weighted by Crippen LogP contribution is 2.21. The summed E-state index contributed by atoms with van der Waals surface area (Å²) >= 11 is 0. The van der Waals surface area contributed by atoms with Crippen molar-refractivity contribution in [1.29, 1.82) is 0 Å². The number of aryl methyl sites for hydroxylation is 1. The molecule has 0 spiro atoms. The molecule has 0 amide bonds. The van der Waals surface area contributed by atoms with Crippen molar-refractivity contribution in [2.24, 2.45) is 0 Å². The number of ether oxygens (including phenoxy) is 1. The fraction of sp³-hybridized carbons (Fsp3) is 0.643. The Morgan fingerprint density at radius 2 is 2.25 bits per heavy atom. The van der Waals surface area contributed by atoms with Gasteiger partial charge < -0.3 is 14.2 Å². The Kier molecular flexibility index (Phi) is 4.76. The third-order valence-electron chi connectivity index (χ3n) is 3.57. The Morgan fingerprint density at radius 3 is 2.95 bits per heavy atom.